The van der Waals surface area contributed by atoms with Crippen molar-refractivity contribution >= 4 is 27.8 Å². The Morgan fingerprint density at radius 1 is 1.12 bits per heavy atom. The molecule has 1 atom stereocenters. The minimum Gasteiger partial charge on any atom is -0.460 e. The molecule has 0 radical (unpaired) electrons. The highest BCUT2D eigenvalue weighted by Crippen LogP contribution is 2.13. The van der Waals surface area contributed by atoms with Gasteiger partial charge in [0.15, 0.2) is 0 Å². The van der Waals surface area contributed by atoms with E-state index in [9.17, 15) is 13.2 Å². The van der Waals surface area contributed by atoms with Gasteiger partial charge in [-0.2, -0.15) is 16.5 Å². The van der Waals surface area contributed by atoms with Crippen molar-refractivity contribution in [2.45, 2.75) is 30.9 Å². The second-order valence-electron chi connectivity index (χ2n) is 5.86. The molecule has 2 aromatic carbocycles. The van der Waals surface area contributed by atoms with Crippen LogP contribution in [0.4, 0.5) is 0 Å². The molecule has 26 heavy (non-hydrogen) atoms. The number of thioether (sulfide) groups is 1. The van der Waals surface area contributed by atoms with Crippen LogP contribution in [-0.2, 0) is 26.2 Å². The van der Waals surface area contributed by atoms with Crippen LogP contribution in [0.25, 0.3) is 0 Å². The monoisotopic (exact) mass is 393 g/mol. The molecule has 2 aromatic rings. The molecule has 0 bridgehead atoms. The van der Waals surface area contributed by atoms with Crippen LogP contribution >= 0.6 is 11.8 Å². The summed E-state index contributed by atoms with van der Waals surface area (Å²) in [6.45, 7) is 1.99. The fourth-order valence-electron chi connectivity index (χ4n) is 2.26. The topological polar surface area (TPSA) is 72.5 Å². The third-order valence-corrected chi connectivity index (χ3v) is 5.88. The summed E-state index contributed by atoms with van der Waals surface area (Å²) >= 11 is 1.54. The molecule has 0 amide bonds. The number of carbonyl (C=O) groups excluding carboxylic acids is 1. The largest absolute Gasteiger partial charge is 0.460 e. The Balaban J connectivity index is 2.07. The first kappa shape index (κ1) is 20.5. The Morgan fingerprint density at radius 3 is 2.38 bits per heavy atom. The van der Waals surface area contributed by atoms with Crippen molar-refractivity contribution in [3.8, 4) is 0 Å². The molecule has 0 aromatic heterocycles. The summed E-state index contributed by atoms with van der Waals surface area (Å²) in [5.41, 5.74) is 1.82. The van der Waals surface area contributed by atoms with E-state index in [1.165, 1.54) is 12.1 Å². The summed E-state index contributed by atoms with van der Waals surface area (Å²) in [5.74, 6) is 0.0696. The van der Waals surface area contributed by atoms with Crippen LogP contribution < -0.4 is 4.72 Å². The van der Waals surface area contributed by atoms with E-state index in [0.717, 1.165) is 11.1 Å². The lowest BCUT2D eigenvalue weighted by Gasteiger charge is -2.17. The van der Waals surface area contributed by atoms with Gasteiger partial charge >= 0.3 is 5.97 Å². The van der Waals surface area contributed by atoms with Crippen LogP contribution in [-0.4, -0.2) is 32.4 Å². The van der Waals surface area contributed by atoms with Crippen LogP contribution in [0.15, 0.2) is 59.5 Å². The van der Waals surface area contributed by atoms with Gasteiger partial charge in [-0.3, -0.25) is 4.79 Å². The van der Waals surface area contributed by atoms with Gasteiger partial charge in [-0.25, -0.2) is 8.42 Å². The fraction of sp³-hybridized carbons (Fsp3) is 0.316. The van der Waals surface area contributed by atoms with Crippen LogP contribution in [0.3, 0.4) is 0 Å². The third-order valence-electron chi connectivity index (χ3n) is 3.75. The number of nitrogens with one attached hydrogen (secondary N) is 1. The molecule has 140 valence electrons. The molecule has 0 saturated heterocycles. The Morgan fingerprint density at radius 2 is 1.77 bits per heavy atom. The van der Waals surface area contributed by atoms with Crippen LogP contribution in [0.1, 0.15) is 17.5 Å². The molecular formula is C19H23NO4S2. The molecule has 7 heteroatoms. The normalized spacial score (nSPS) is 12.5. The van der Waals surface area contributed by atoms with Gasteiger partial charge in [-0.15, -0.1) is 0 Å². The first-order valence-electron chi connectivity index (χ1n) is 8.21. The minimum absolute atomic E-state index is 0.113. The second-order valence-corrected chi connectivity index (χ2v) is 8.56. The number of sulfonamides is 1. The maximum atomic E-state index is 12.6. The Kier molecular flexibility index (Phi) is 7.68. The summed E-state index contributed by atoms with van der Waals surface area (Å²) in [4.78, 5) is 12.6. The molecule has 2 rings (SSSR count). The van der Waals surface area contributed by atoms with Crippen molar-refractivity contribution in [2.24, 2.45) is 0 Å². The van der Waals surface area contributed by atoms with Crippen molar-refractivity contribution in [3.63, 3.8) is 0 Å². The zero-order chi connectivity index (χ0) is 19.0. The zero-order valence-corrected chi connectivity index (χ0v) is 16.5. The summed E-state index contributed by atoms with van der Waals surface area (Å²) in [7, 11) is -3.79. The molecule has 0 heterocycles. The highest BCUT2D eigenvalue weighted by molar-refractivity contribution is 7.98. The van der Waals surface area contributed by atoms with Crippen molar-refractivity contribution < 1.29 is 17.9 Å². The maximum absolute atomic E-state index is 12.6. The minimum atomic E-state index is -3.79. The molecule has 0 aliphatic rings. The van der Waals surface area contributed by atoms with E-state index in [1.807, 2.05) is 43.5 Å². The molecule has 0 fully saturated rings. The molecule has 1 N–H and O–H groups in total. The van der Waals surface area contributed by atoms with E-state index in [4.69, 9.17) is 4.74 Å². The average Bonchev–Trinajstić information content (AvgIpc) is 2.64. The van der Waals surface area contributed by atoms with Gasteiger partial charge in [-0.1, -0.05) is 48.0 Å². The average molecular weight is 394 g/mol. The lowest BCUT2D eigenvalue weighted by Crippen LogP contribution is -2.42. The SMILES string of the molecule is CSCC[C@H](NS(=O)(=O)c1ccc(C)cc1)C(=O)OCc1ccccc1. The predicted octanol–water partition coefficient (Wildman–Crippen LogP) is 3.14. The first-order valence-corrected chi connectivity index (χ1v) is 11.1. The van der Waals surface area contributed by atoms with E-state index < -0.39 is 22.0 Å². The van der Waals surface area contributed by atoms with Crippen molar-refractivity contribution in [3.05, 3.63) is 65.7 Å². The van der Waals surface area contributed by atoms with Crippen molar-refractivity contribution in [2.75, 3.05) is 12.0 Å². The van der Waals surface area contributed by atoms with Gasteiger partial charge in [-0.05, 0) is 43.0 Å². The smallest absolute Gasteiger partial charge is 0.324 e. The Labute approximate surface area is 159 Å². The first-order chi connectivity index (χ1) is 12.4. The number of ether oxygens (including phenoxy) is 1. The molecule has 5 nitrogen and oxygen atoms in total. The van der Waals surface area contributed by atoms with Crippen LogP contribution in [0, 0.1) is 6.92 Å². The van der Waals surface area contributed by atoms with Crippen molar-refractivity contribution in [1.29, 1.82) is 0 Å². The van der Waals surface area contributed by atoms with Gasteiger partial charge in [0.25, 0.3) is 0 Å². The van der Waals surface area contributed by atoms with Gasteiger partial charge in [0, 0.05) is 0 Å². The third kappa shape index (κ3) is 6.16. The summed E-state index contributed by atoms with van der Waals surface area (Å²) < 4.78 is 32.9. The number of hydrogen-bond acceptors (Lipinski definition) is 5. The maximum Gasteiger partial charge on any atom is 0.324 e. The van der Waals surface area contributed by atoms with E-state index in [0.29, 0.717) is 12.2 Å². The number of benzene rings is 2. The highest BCUT2D eigenvalue weighted by Gasteiger charge is 2.26. The lowest BCUT2D eigenvalue weighted by atomic mass is 10.2. The molecular weight excluding hydrogens is 370 g/mol. The zero-order valence-electron chi connectivity index (χ0n) is 14.8. The van der Waals surface area contributed by atoms with E-state index in [-0.39, 0.29) is 11.5 Å². The quantitative estimate of drug-likeness (QED) is 0.663. The molecule has 0 saturated carbocycles. The number of rotatable bonds is 9. The van der Waals surface area contributed by atoms with Gasteiger partial charge in [0.2, 0.25) is 10.0 Å². The second kappa shape index (κ2) is 9.75. The Hall–Kier alpha value is -1.83. The van der Waals surface area contributed by atoms with E-state index in [1.54, 1.807) is 23.9 Å². The van der Waals surface area contributed by atoms with E-state index in [2.05, 4.69) is 4.72 Å². The number of hydrogen-bond donors (Lipinski definition) is 1. The summed E-state index contributed by atoms with van der Waals surface area (Å²) in [6, 6.07) is 14.9. The van der Waals surface area contributed by atoms with Crippen molar-refractivity contribution in [1.82, 2.24) is 4.72 Å². The summed E-state index contributed by atoms with van der Waals surface area (Å²) in [6.07, 6.45) is 2.26. The van der Waals surface area contributed by atoms with E-state index >= 15 is 0 Å². The molecule has 0 spiro atoms. The molecule has 0 aliphatic heterocycles. The van der Waals surface area contributed by atoms with Gasteiger partial charge in [0.1, 0.15) is 12.6 Å². The number of esters is 1. The van der Waals surface area contributed by atoms with Crippen LogP contribution in [0.2, 0.25) is 0 Å². The van der Waals surface area contributed by atoms with Gasteiger partial charge in [0.05, 0.1) is 4.90 Å². The number of aryl methyl sites for hydroxylation is 1. The highest BCUT2D eigenvalue weighted by atomic mass is 32.2. The fourth-order valence-corrected chi connectivity index (χ4v) is 3.95. The molecule has 0 aliphatic carbocycles. The van der Waals surface area contributed by atoms with Crippen LogP contribution in [0.5, 0.6) is 0 Å². The number of carbonyl (C=O) groups is 1. The lowest BCUT2D eigenvalue weighted by molar-refractivity contribution is -0.147. The standard InChI is InChI=1S/C19H23NO4S2/c1-15-8-10-17(11-9-15)26(22,23)20-18(12-13-25-2)19(21)24-14-16-6-4-3-5-7-16/h3-11,18,20H,12-14H2,1-2H3/t18-/m0/s1. The molecule has 0 unspecified atom stereocenters. The van der Waals surface area contributed by atoms with Gasteiger partial charge < -0.3 is 4.74 Å². The predicted molar refractivity (Wildman–Crippen MR) is 105 cm³/mol. The Bertz CT molecular complexity index is 805. The summed E-state index contributed by atoms with van der Waals surface area (Å²) in [5, 5.41) is 0.